The maximum absolute atomic E-state index is 12.4. The van der Waals surface area contributed by atoms with Crippen molar-refractivity contribution in [3.05, 3.63) is 0 Å². The Kier molecular flexibility index (Phi) is 19.6. The zero-order chi connectivity index (χ0) is 38.8. The van der Waals surface area contributed by atoms with Crippen molar-refractivity contribution >= 4 is 29.7 Å². The Morgan fingerprint density at radius 2 is 1.41 bits per heavy atom. The monoisotopic (exact) mass is 728 g/mol. The SMILES string of the molecule is CC(=O)N[C@H]1[C@H](OCCCCCNC(=O)CCOC(C)(C)CCOC(C)(C)CNC(C)(C)C#N)O[C@H](COC(C)=O)[C@H](OC(C)=O)[C@@H]1OC(C)=O. The maximum Gasteiger partial charge on any atom is 0.303 e. The van der Waals surface area contributed by atoms with Gasteiger partial charge in [0.15, 0.2) is 18.5 Å². The van der Waals surface area contributed by atoms with E-state index < -0.39 is 71.2 Å². The Morgan fingerprint density at radius 3 is 2.00 bits per heavy atom. The summed E-state index contributed by atoms with van der Waals surface area (Å²) in [4.78, 5) is 59.8. The molecule has 51 heavy (non-hydrogen) atoms. The van der Waals surface area contributed by atoms with Crippen LogP contribution >= 0.6 is 0 Å². The number of amides is 2. The second-order valence-corrected chi connectivity index (χ2v) is 14.3. The Bertz CT molecular complexity index is 1190. The largest absolute Gasteiger partial charge is 0.463 e. The van der Waals surface area contributed by atoms with Gasteiger partial charge in [0.05, 0.1) is 30.5 Å². The van der Waals surface area contributed by atoms with Crippen molar-refractivity contribution in [2.24, 2.45) is 0 Å². The van der Waals surface area contributed by atoms with Crippen LogP contribution < -0.4 is 16.0 Å². The summed E-state index contributed by atoms with van der Waals surface area (Å²) in [5.41, 5.74) is -1.59. The average molecular weight is 729 g/mol. The minimum atomic E-state index is -1.19. The first-order valence-electron chi connectivity index (χ1n) is 17.4. The van der Waals surface area contributed by atoms with E-state index in [1.54, 1.807) is 0 Å². The van der Waals surface area contributed by atoms with Crippen LogP contribution in [0.1, 0.15) is 101 Å². The lowest BCUT2D eigenvalue weighted by molar-refractivity contribution is -0.277. The summed E-state index contributed by atoms with van der Waals surface area (Å²) in [6, 6.07) is 1.19. The number of nitrogens with one attached hydrogen (secondary N) is 3. The van der Waals surface area contributed by atoms with Gasteiger partial charge in [-0.1, -0.05) is 0 Å². The number of hydrogen-bond donors (Lipinski definition) is 3. The molecule has 5 atom stereocenters. The summed E-state index contributed by atoms with van der Waals surface area (Å²) < 4.78 is 39.9. The molecule has 1 heterocycles. The quantitative estimate of drug-likeness (QED) is 0.0783. The molecule has 1 fully saturated rings. The van der Waals surface area contributed by atoms with Crippen molar-refractivity contribution in [2.75, 3.05) is 39.5 Å². The third kappa shape index (κ3) is 19.7. The van der Waals surface area contributed by atoms with Gasteiger partial charge in [0.2, 0.25) is 11.8 Å². The van der Waals surface area contributed by atoms with E-state index in [0.29, 0.717) is 45.4 Å². The van der Waals surface area contributed by atoms with E-state index in [4.69, 9.17) is 33.2 Å². The molecule has 0 aromatic carbocycles. The zero-order valence-corrected chi connectivity index (χ0v) is 32.0. The van der Waals surface area contributed by atoms with Crippen LogP contribution in [0.15, 0.2) is 0 Å². The van der Waals surface area contributed by atoms with Crippen LogP contribution in [-0.2, 0) is 57.1 Å². The first kappa shape index (κ1) is 45.7. The molecule has 2 amide bonds. The summed E-state index contributed by atoms with van der Waals surface area (Å²) in [6.45, 7) is 17.9. The molecule has 1 rings (SSSR count). The molecule has 1 aliphatic heterocycles. The van der Waals surface area contributed by atoms with Crippen molar-refractivity contribution in [3.8, 4) is 6.07 Å². The molecular weight excluding hydrogens is 668 g/mol. The van der Waals surface area contributed by atoms with E-state index in [-0.39, 0.29) is 32.1 Å². The minimum absolute atomic E-state index is 0.128. The second kappa shape index (κ2) is 21.9. The molecule has 16 heteroatoms. The number of esters is 3. The van der Waals surface area contributed by atoms with Crippen LogP contribution in [0.3, 0.4) is 0 Å². The van der Waals surface area contributed by atoms with Crippen LogP contribution in [0.4, 0.5) is 0 Å². The smallest absolute Gasteiger partial charge is 0.303 e. The van der Waals surface area contributed by atoms with E-state index in [1.165, 1.54) is 27.7 Å². The summed E-state index contributed by atoms with van der Waals surface area (Å²) in [7, 11) is 0. The van der Waals surface area contributed by atoms with Gasteiger partial charge in [0.25, 0.3) is 0 Å². The number of unbranched alkanes of at least 4 members (excludes halogenated alkanes) is 2. The molecule has 292 valence electrons. The normalized spacial score (nSPS) is 20.8. The van der Waals surface area contributed by atoms with Gasteiger partial charge < -0.3 is 43.8 Å². The van der Waals surface area contributed by atoms with Gasteiger partial charge in [-0.15, -0.1) is 0 Å². The standard InChI is InChI=1S/C35H60N4O12/c1-23(40)39-29-31(50-26(4)43)30(49-25(3)42)27(20-46-24(2)41)51-32(29)45-17-13-11-12-16-37-28(44)14-18-47-34(7,8)15-19-48-35(9,10)22-38-33(5,6)21-36/h27,29-32,38H,11-20,22H2,1-10H3,(H,37,44)(H,39,40)/t27-,29-,30+,31-,32-/m1/s1. The highest BCUT2D eigenvalue weighted by molar-refractivity contribution is 5.76. The highest BCUT2D eigenvalue weighted by atomic mass is 16.7. The zero-order valence-electron chi connectivity index (χ0n) is 32.0. The van der Waals surface area contributed by atoms with Crippen molar-refractivity contribution in [1.82, 2.24) is 16.0 Å². The molecule has 0 aromatic rings. The topological polar surface area (TPSA) is 210 Å². The molecule has 1 aliphatic rings. The molecule has 0 aliphatic carbocycles. The molecule has 16 nitrogen and oxygen atoms in total. The number of rotatable bonds is 23. The molecule has 0 aromatic heterocycles. The van der Waals surface area contributed by atoms with E-state index in [9.17, 15) is 29.2 Å². The number of nitrogens with zero attached hydrogens (tertiary/aromatic N) is 1. The van der Waals surface area contributed by atoms with Crippen LogP contribution in [-0.4, -0.2) is 117 Å². The minimum Gasteiger partial charge on any atom is -0.463 e. The van der Waals surface area contributed by atoms with Gasteiger partial charge in [0, 0.05) is 53.8 Å². The van der Waals surface area contributed by atoms with Gasteiger partial charge in [-0.25, -0.2) is 0 Å². The van der Waals surface area contributed by atoms with Crippen LogP contribution in [0.25, 0.3) is 0 Å². The van der Waals surface area contributed by atoms with E-state index in [1.807, 2.05) is 41.5 Å². The molecule has 0 unspecified atom stereocenters. The van der Waals surface area contributed by atoms with Crippen molar-refractivity contribution in [1.29, 1.82) is 5.26 Å². The highest BCUT2D eigenvalue weighted by Crippen LogP contribution is 2.28. The molecule has 0 radical (unpaired) electrons. The third-order valence-corrected chi connectivity index (χ3v) is 7.75. The lowest BCUT2D eigenvalue weighted by Gasteiger charge is -2.44. The van der Waals surface area contributed by atoms with Crippen molar-refractivity contribution in [3.63, 3.8) is 0 Å². The number of nitriles is 1. The second-order valence-electron chi connectivity index (χ2n) is 14.3. The number of carbonyl (C=O) groups excluding carboxylic acids is 5. The number of ether oxygens (including phenoxy) is 7. The predicted octanol–water partition coefficient (Wildman–Crippen LogP) is 2.21. The molecule has 0 spiro atoms. The van der Waals surface area contributed by atoms with Gasteiger partial charge in [0.1, 0.15) is 24.3 Å². The van der Waals surface area contributed by atoms with Crippen molar-refractivity contribution < 1.29 is 57.1 Å². The fraction of sp³-hybridized carbons (Fsp3) is 0.829. The van der Waals surface area contributed by atoms with Gasteiger partial charge in [-0.3, -0.25) is 29.3 Å². The maximum atomic E-state index is 12.4. The van der Waals surface area contributed by atoms with Crippen LogP contribution in [0.5, 0.6) is 0 Å². The summed E-state index contributed by atoms with van der Waals surface area (Å²) >= 11 is 0. The van der Waals surface area contributed by atoms with Gasteiger partial charge in [-0.2, -0.15) is 5.26 Å². The van der Waals surface area contributed by atoms with E-state index in [2.05, 4.69) is 22.0 Å². The molecule has 0 saturated carbocycles. The summed E-state index contributed by atoms with van der Waals surface area (Å²) in [5, 5.41) is 17.9. The Balaban J connectivity index is 2.51. The van der Waals surface area contributed by atoms with E-state index >= 15 is 0 Å². The highest BCUT2D eigenvalue weighted by Gasteiger charge is 2.51. The molecule has 3 N–H and O–H groups in total. The average Bonchev–Trinajstić information content (AvgIpc) is 3.00. The Morgan fingerprint density at radius 1 is 0.784 bits per heavy atom. The third-order valence-electron chi connectivity index (χ3n) is 7.75. The molecule has 1 saturated heterocycles. The lowest BCUT2D eigenvalue weighted by Crippen LogP contribution is -2.66. The van der Waals surface area contributed by atoms with Crippen LogP contribution in [0.2, 0.25) is 0 Å². The fourth-order valence-electron chi connectivity index (χ4n) is 4.94. The summed E-state index contributed by atoms with van der Waals surface area (Å²) in [6.07, 6.45) is -1.75. The van der Waals surface area contributed by atoms with Crippen molar-refractivity contribution in [2.45, 2.75) is 149 Å². The molecular formula is C35H60N4O12. The van der Waals surface area contributed by atoms with E-state index in [0.717, 1.165) is 0 Å². The Labute approximate surface area is 302 Å². The first-order chi connectivity index (χ1) is 23.7. The first-order valence-corrected chi connectivity index (χ1v) is 17.4. The molecule has 0 bridgehead atoms. The number of carbonyl (C=O) groups is 5. The fourth-order valence-corrected chi connectivity index (χ4v) is 4.94. The number of hydrogen-bond acceptors (Lipinski definition) is 14. The van der Waals surface area contributed by atoms with Gasteiger partial charge >= 0.3 is 17.9 Å². The van der Waals surface area contributed by atoms with Crippen LogP contribution in [0, 0.1) is 11.3 Å². The lowest BCUT2D eigenvalue weighted by atomic mass is 9.96. The summed E-state index contributed by atoms with van der Waals surface area (Å²) in [5.74, 6) is -2.56. The van der Waals surface area contributed by atoms with Gasteiger partial charge in [-0.05, 0) is 67.2 Å². The predicted molar refractivity (Wildman–Crippen MR) is 184 cm³/mol. The Hall–Kier alpha value is -3.36.